The second-order valence-corrected chi connectivity index (χ2v) is 8.75. The van der Waals surface area contributed by atoms with E-state index in [-0.39, 0.29) is 11.8 Å². The zero-order valence-electron chi connectivity index (χ0n) is 15.7. The van der Waals surface area contributed by atoms with Gasteiger partial charge in [-0.2, -0.15) is 14.7 Å². The summed E-state index contributed by atoms with van der Waals surface area (Å²) in [5.74, 6) is 1.18. The molecule has 1 aliphatic heterocycles. The standard InChI is InChI=1S/C17H23N7O2S/c1-4-7-27(25,26)23-5-6-24(13(2)11-23)17-14(8-18)9-19-16(21-17)15-10-20-22(3)12-15/h9-10,12-13H,4-7,11H2,1-3H3. The Balaban J connectivity index is 1.89. The van der Waals surface area contributed by atoms with E-state index in [1.54, 1.807) is 10.9 Å². The van der Waals surface area contributed by atoms with Gasteiger partial charge in [-0.25, -0.2) is 18.4 Å². The fourth-order valence-electron chi connectivity index (χ4n) is 3.22. The van der Waals surface area contributed by atoms with E-state index in [2.05, 4.69) is 21.1 Å². The van der Waals surface area contributed by atoms with Gasteiger partial charge in [-0.15, -0.1) is 0 Å². The Morgan fingerprint density at radius 3 is 2.70 bits per heavy atom. The summed E-state index contributed by atoms with van der Waals surface area (Å²) in [6, 6.07) is 2.04. The lowest BCUT2D eigenvalue weighted by atomic mass is 10.2. The van der Waals surface area contributed by atoms with Crippen molar-refractivity contribution in [2.24, 2.45) is 7.05 Å². The van der Waals surface area contributed by atoms with Gasteiger partial charge in [-0.1, -0.05) is 6.92 Å². The predicted molar refractivity (Wildman–Crippen MR) is 101 cm³/mol. The average Bonchev–Trinajstić information content (AvgIpc) is 3.07. The Hall–Kier alpha value is -2.51. The molecule has 0 aromatic carbocycles. The Morgan fingerprint density at radius 1 is 1.33 bits per heavy atom. The largest absolute Gasteiger partial charge is 0.350 e. The summed E-state index contributed by atoms with van der Waals surface area (Å²) in [5, 5.41) is 13.6. The highest BCUT2D eigenvalue weighted by Gasteiger charge is 2.32. The zero-order valence-corrected chi connectivity index (χ0v) is 16.5. The lowest BCUT2D eigenvalue weighted by molar-refractivity contribution is 0.341. The molecule has 3 heterocycles. The van der Waals surface area contributed by atoms with Crippen LogP contribution >= 0.6 is 0 Å². The summed E-state index contributed by atoms with van der Waals surface area (Å²) in [6.07, 6.45) is 5.58. The van der Waals surface area contributed by atoms with Crippen LogP contribution in [0.2, 0.25) is 0 Å². The van der Waals surface area contributed by atoms with Crippen molar-refractivity contribution in [1.82, 2.24) is 24.1 Å². The first-order valence-corrected chi connectivity index (χ1v) is 10.5. The van der Waals surface area contributed by atoms with Crippen LogP contribution in [0, 0.1) is 11.3 Å². The van der Waals surface area contributed by atoms with E-state index in [0.717, 1.165) is 5.56 Å². The van der Waals surface area contributed by atoms with Crippen LogP contribution in [0.15, 0.2) is 18.6 Å². The van der Waals surface area contributed by atoms with Gasteiger partial charge in [0.15, 0.2) is 11.6 Å². The number of hydrogen-bond donors (Lipinski definition) is 0. The van der Waals surface area contributed by atoms with Crippen LogP contribution in [0.3, 0.4) is 0 Å². The summed E-state index contributed by atoms with van der Waals surface area (Å²) in [7, 11) is -1.43. The van der Waals surface area contributed by atoms with E-state index in [0.29, 0.717) is 43.3 Å². The molecule has 0 spiro atoms. The zero-order chi connectivity index (χ0) is 19.6. The number of nitrogens with zero attached hydrogens (tertiary/aromatic N) is 7. The maximum atomic E-state index is 12.4. The lowest BCUT2D eigenvalue weighted by Gasteiger charge is -2.40. The number of sulfonamides is 1. The number of hydrogen-bond acceptors (Lipinski definition) is 7. The van der Waals surface area contributed by atoms with Crippen LogP contribution in [0.1, 0.15) is 25.8 Å². The van der Waals surface area contributed by atoms with E-state index < -0.39 is 10.0 Å². The van der Waals surface area contributed by atoms with Crippen LogP contribution in [0.4, 0.5) is 5.82 Å². The van der Waals surface area contributed by atoms with E-state index in [1.165, 1.54) is 10.5 Å². The van der Waals surface area contributed by atoms with Crippen molar-refractivity contribution < 1.29 is 8.42 Å². The van der Waals surface area contributed by atoms with Gasteiger partial charge in [0.25, 0.3) is 0 Å². The second kappa shape index (κ2) is 7.62. The van der Waals surface area contributed by atoms with E-state index in [9.17, 15) is 13.7 Å². The molecule has 1 atom stereocenters. The monoisotopic (exact) mass is 389 g/mol. The lowest BCUT2D eigenvalue weighted by Crippen LogP contribution is -2.54. The topological polar surface area (TPSA) is 108 Å². The van der Waals surface area contributed by atoms with Crippen LogP contribution in [0.5, 0.6) is 0 Å². The van der Waals surface area contributed by atoms with Gasteiger partial charge < -0.3 is 4.90 Å². The van der Waals surface area contributed by atoms with E-state index in [4.69, 9.17) is 0 Å². The molecular weight excluding hydrogens is 366 g/mol. The molecule has 2 aromatic heterocycles. The van der Waals surface area contributed by atoms with Crippen LogP contribution in [-0.4, -0.2) is 63.9 Å². The molecular formula is C17H23N7O2S. The van der Waals surface area contributed by atoms with Crippen molar-refractivity contribution in [3.05, 3.63) is 24.2 Å². The number of anilines is 1. The van der Waals surface area contributed by atoms with E-state index in [1.807, 2.05) is 32.0 Å². The second-order valence-electron chi connectivity index (χ2n) is 6.66. The summed E-state index contributed by atoms with van der Waals surface area (Å²) in [5.41, 5.74) is 1.14. The average molecular weight is 389 g/mol. The molecule has 0 aliphatic carbocycles. The maximum Gasteiger partial charge on any atom is 0.214 e. The third-order valence-corrected chi connectivity index (χ3v) is 6.61. The highest BCUT2D eigenvalue weighted by Crippen LogP contribution is 2.26. The number of piperazine rings is 1. The summed E-state index contributed by atoms with van der Waals surface area (Å²) < 4.78 is 27.9. The molecule has 10 heteroatoms. The fraction of sp³-hybridized carbons (Fsp3) is 0.529. The third kappa shape index (κ3) is 3.94. The third-order valence-electron chi connectivity index (χ3n) is 4.57. The van der Waals surface area contributed by atoms with Gasteiger partial charge in [0, 0.05) is 38.9 Å². The Kier molecular flexibility index (Phi) is 5.43. The molecule has 3 rings (SSSR count). The van der Waals surface area contributed by atoms with Gasteiger partial charge in [-0.05, 0) is 13.3 Å². The minimum atomic E-state index is -3.24. The number of aromatic nitrogens is 4. The Bertz CT molecular complexity index is 964. The maximum absolute atomic E-state index is 12.4. The van der Waals surface area contributed by atoms with Crippen molar-refractivity contribution in [1.29, 1.82) is 5.26 Å². The van der Waals surface area contributed by atoms with Crippen molar-refractivity contribution in [2.75, 3.05) is 30.3 Å². The molecule has 1 saturated heterocycles. The van der Waals surface area contributed by atoms with Crippen LogP contribution in [0.25, 0.3) is 11.4 Å². The molecule has 1 fully saturated rings. The number of rotatable bonds is 5. The molecule has 0 N–H and O–H groups in total. The molecule has 27 heavy (non-hydrogen) atoms. The molecule has 1 unspecified atom stereocenters. The van der Waals surface area contributed by atoms with Crippen molar-refractivity contribution in [2.45, 2.75) is 26.3 Å². The van der Waals surface area contributed by atoms with Crippen molar-refractivity contribution in [3.63, 3.8) is 0 Å². The molecule has 1 aliphatic rings. The summed E-state index contributed by atoms with van der Waals surface area (Å²) in [4.78, 5) is 10.9. The van der Waals surface area contributed by atoms with Crippen molar-refractivity contribution >= 4 is 15.8 Å². The van der Waals surface area contributed by atoms with Gasteiger partial charge in [-0.3, -0.25) is 4.68 Å². The quantitative estimate of drug-likeness (QED) is 0.750. The molecule has 0 bridgehead atoms. The highest BCUT2D eigenvalue weighted by molar-refractivity contribution is 7.89. The minimum Gasteiger partial charge on any atom is -0.350 e. The highest BCUT2D eigenvalue weighted by atomic mass is 32.2. The normalized spacial score (nSPS) is 18.4. The minimum absolute atomic E-state index is 0.103. The smallest absolute Gasteiger partial charge is 0.214 e. The van der Waals surface area contributed by atoms with Gasteiger partial charge in [0.1, 0.15) is 11.6 Å². The predicted octanol–water partition coefficient (Wildman–Crippen LogP) is 0.999. The number of aryl methyl sites for hydroxylation is 1. The van der Waals surface area contributed by atoms with E-state index >= 15 is 0 Å². The SMILES string of the molecule is CCCS(=O)(=O)N1CCN(c2nc(-c3cnn(C)c3)ncc2C#N)C(C)C1. The first-order chi connectivity index (χ1) is 12.9. The first-order valence-electron chi connectivity index (χ1n) is 8.86. The molecule has 144 valence electrons. The molecule has 0 saturated carbocycles. The molecule has 9 nitrogen and oxygen atoms in total. The van der Waals surface area contributed by atoms with Crippen molar-refractivity contribution in [3.8, 4) is 17.5 Å². The van der Waals surface area contributed by atoms with Gasteiger partial charge in [0.2, 0.25) is 10.0 Å². The summed E-state index contributed by atoms with van der Waals surface area (Å²) >= 11 is 0. The summed E-state index contributed by atoms with van der Waals surface area (Å²) in [6.45, 7) is 5.03. The molecule has 2 aromatic rings. The van der Waals surface area contributed by atoms with Gasteiger partial charge in [0.05, 0.1) is 23.7 Å². The first kappa shape index (κ1) is 19.3. The molecule has 0 amide bonds. The Morgan fingerprint density at radius 2 is 2.11 bits per heavy atom. The molecule has 0 radical (unpaired) electrons. The van der Waals surface area contributed by atoms with Crippen LogP contribution < -0.4 is 4.90 Å². The number of nitriles is 1. The fourth-order valence-corrected chi connectivity index (χ4v) is 4.80. The van der Waals surface area contributed by atoms with Gasteiger partial charge >= 0.3 is 0 Å². The Labute approximate surface area is 159 Å². The van der Waals surface area contributed by atoms with Crippen LogP contribution in [-0.2, 0) is 17.1 Å².